The third-order valence-corrected chi connectivity index (χ3v) is 2.98. The van der Waals surface area contributed by atoms with Gasteiger partial charge >= 0.3 is 0 Å². The number of halogens is 2. The third-order valence-electron chi connectivity index (χ3n) is 1.42. The second-order valence-corrected chi connectivity index (χ2v) is 3.56. The normalized spacial score (nSPS) is 10.2. The fraction of sp³-hybridized carbons (Fsp3) is 0.333. The summed E-state index contributed by atoms with van der Waals surface area (Å²) >= 11 is 7.54. The van der Waals surface area contributed by atoms with E-state index in [4.69, 9.17) is 11.6 Å². The Morgan fingerprint density at radius 3 is 2.73 bits per heavy atom. The first-order chi connectivity index (χ1) is 5.04. The maximum Gasteiger partial charge on any atom is 0.268 e. The van der Waals surface area contributed by atoms with Gasteiger partial charge in [0.25, 0.3) is 5.56 Å². The van der Waals surface area contributed by atoms with E-state index in [9.17, 15) is 4.79 Å². The van der Waals surface area contributed by atoms with Crippen molar-refractivity contribution in [3.05, 3.63) is 24.9 Å². The van der Waals surface area contributed by atoms with Gasteiger partial charge < -0.3 is 0 Å². The number of nitrogens with zero attached hydrogens (tertiary/aromatic N) is 2. The van der Waals surface area contributed by atoms with Gasteiger partial charge in [-0.25, -0.2) is 4.98 Å². The van der Waals surface area contributed by atoms with Crippen molar-refractivity contribution in [1.29, 1.82) is 0 Å². The summed E-state index contributed by atoms with van der Waals surface area (Å²) in [6.45, 7) is 1.74. The predicted octanol–water partition coefficient (Wildman–Crippen LogP) is 1.35. The molecular formula is C6H6ClIN2O. The van der Waals surface area contributed by atoms with Gasteiger partial charge in [0.1, 0.15) is 14.5 Å². The molecule has 1 heterocycles. The molecule has 0 saturated carbocycles. The molecule has 1 rings (SSSR count). The monoisotopic (exact) mass is 284 g/mol. The van der Waals surface area contributed by atoms with E-state index < -0.39 is 0 Å². The van der Waals surface area contributed by atoms with Crippen LogP contribution in [0.15, 0.2) is 4.79 Å². The van der Waals surface area contributed by atoms with Crippen LogP contribution in [0.4, 0.5) is 0 Å². The van der Waals surface area contributed by atoms with E-state index in [0.29, 0.717) is 9.39 Å². The highest BCUT2D eigenvalue weighted by atomic mass is 127. The average Bonchev–Trinajstić information content (AvgIpc) is 1.97. The van der Waals surface area contributed by atoms with Crippen molar-refractivity contribution in [2.24, 2.45) is 7.05 Å². The predicted molar refractivity (Wildman–Crippen MR) is 51.9 cm³/mol. The Labute approximate surface area is 82.5 Å². The van der Waals surface area contributed by atoms with Gasteiger partial charge in [-0.2, -0.15) is 0 Å². The standard InChI is InChI=1S/C6H6ClIN2O/c1-3-9-5(7)4(8)6(11)10(3)2/h1-2H3. The van der Waals surface area contributed by atoms with Crippen LogP contribution < -0.4 is 5.56 Å². The van der Waals surface area contributed by atoms with Crippen LogP contribution in [-0.4, -0.2) is 9.55 Å². The minimum atomic E-state index is -0.0944. The fourth-order valence-electron chi connectivity index (χ4n) is 0.649. The molecule has 1 aromatic rings. The lowest BCUT2D eigenvalue weighted by Gasteiger charge is -2.02. The Hall–Kier alpha value is -0.100. The van der Waals surface area contributed by atoms with E-state index in [-0.39, 0.29) is 10.7 Å². The van der Waals surface area contributed by atoms with Crippen molar-refractivity contribution in [3.63, 3.8) is 0 Å². The molecule has 0 bridgehead atoms. The van der Waals surface area contributed by atoms with Gasteiger partial charge in [0.05, 0.1) is 0 Å². The number of rotatable bonds is 0. The molecule has 0 amide bonds. The molecule has 0 unspecified atom stereocenters. The van der Waals surface area contributed by atoms with Gasteiger partial charge in [-0.1, -0.05) is 11.6 Å². The molecule has 0 saturated heterocycles. The summed E-state index contributed by atoms with van der Waals surface area (Å²) in [6, 6.07) is 0. The zero-order chi connectivity index (χ0) is 8.59. The third kappa shape index (κ3) is 1.56. The highest BCUT2D eigenvalue weighted by molar-refractivity contribution is 14.1. The first-order valence-electron chi connectivity index (χ1n) is 2.92. The molecule has 0 aliphatic rings. The van der Waals surface area contributed by atoms with E-state index in [1.165, 1.54) is 4.57 Å². The summed E-state index contributed by atoms with van der Waals surface area (Å²) < 4.78 is 1.94. The smallest absolute Gasteiger partial charge is 0.268 e. The summed E-state index contributed by atoms with van der Waals surface area (Å²) in [7, 11) is 1.67. The van der Waals surface area contributed by atoms with Crippen LogP contribution in [0.2, 0.25) is 5.15 Å². The van der Waals surface area contributed by atoms with Crippen molar-refractivity contribution in [3.8, 4) is 0 Å². The van der Waals surface area contributed by atoms with Crippen molar-refractivity contribution in [1.82, 2.24) is 9.55 Å². The van der Waals surface area contributed by atoms with Crippen molar-refractivity contribution in [2.45, 2.75) is 6.92 Å². The van der Waals surface area contributed by atoms with E-state index in [2.05, 4.69) is 4.98 Å². The van der Waals surface area contributed by atoms with Crippen LogP contribution in [0, 0.1) is 10.5 Å². The molecular weight excluding hydrogens is 278 g/mol. The Balaban J connectivity index is 3.59. The van der Waals surface area contributed by atoms with Crippen molar-refractivity contribution in [2.75, 3.05) is 0 Å². The first-order valence-corrected chi connectivity index (χ1v) is 4.38. The molecule has 0 spiro atoms. The van der Waals surface area contributed by atoms with E-state index >= 15 is 0 Å². The minimum absolute atomic E-state index is 0.0944. The number of hydrogen-bond donors (Lipinski definition) is 0. The highest BCUT2D eigenvalue weighted by Gasteiger charge is 2.06. The molecule has 5 heteroatoms. The van der Waals surface area contributed by atoms with Crippen LogP contribution in [0.25, 0.3) is 0 Å². The van der Waals surface area contributed by atoms with Gasteiger partial charge in [-0.05, 0) is 29.5 Å². The van der Waals surface area contributed by atoms with E-state index in [1.54, 1.807) is 14.0 Å². The molecule has 3 nitrogen and oxygen atoms in total. The molecule has 1 aromatic heterocycles. The van der Waals surface area contributed by atoms with Crippen LogP contribution in [0.5, 0.6) is 0 Å². The van der Waals surface area contributed by atoms with Crippen LogP contribution in [-0.2, 0) is 7.05 Å². The van der Waals surface area contributed by atoms with E-state index in [0.717, 1.165) is 0 Å². The SMILES string of the molecule is Cc1nc(Cl)c(I)c(=O)n1C. The Bertz CT molecular complexity index is 318. The van der Waals surface area contributed by atoms with Crippen molar-refractivity contribution >= 4 is 34.2 Å². The molecule has 0 N–H and O–H groups in total. The molecule has 0 atom stereocenters. The van der Waals surface area contributed by atoms with Gasteiger partial charge in [0.2, 0.25) is 0 Å². The number of aromatic nitrogens is 2. The van der Waals surface area contributed by atoms with E-state index in [1.807, 2.05) is 22.6 Å². The van der Waals surface area contributed by atoms with Crippen LogP contribution in [0.3, 0.4) is 0 Å². The molecule has 0 fully saturated rings. The number of hydrogen-bond acceptors (Lipinski definition) is 2. The topological polar surface area (TPSA) is 34.9 Å². The summed E-state index contributed by atoms with van der Waals surface area (Å²) in [5.41, 5.74) is -0.0944. The summed E-state index contributed by atoms with van der Waals surface area (Å²) in [6.07, 6.45) is 0. The molecule has 0 radical (unpaired) electrons. The Morgan fingerprint density at radius 1 is 1.64 bits per heavy atom. The lowest BCUT2D eigenvalue weighted by Crippen LogP contribution is -2.23. The maximum atomic E-state index is 11.2. The second-order valence-electron chi connectivity index (χ2n) is 2.13. The highest BCUT2D eigenvalue weighted by Crippen LogP contribution is 2.10. The zero-order valence-electron chi connectivity index (χ0n) is 6.06. The van der Waals surface area contributed by atoms with Crippen molar-refractivity contribution < 1.29 is 0 Å². The summed E-state index contributed by atoms with van der Waals surface area (Å²) in [5.74, 6) is 0.625. The first kappa shape index (κ1) is 8.99. The summed E-state index contributed by atoms with van der Waals surface area (Å²) in [5, 5.41) is 0.284. The number of aryl methyl sites for hydroxylation is 1. The Morgan fingerprint density at radius 2 is 2.18 bits per heavy atom. The van der Waals surface area contributed by atoms with Crippen LogP contribution in [0.1, 0.15) is 5.82 Å². The maximum absolute atomic E-state index is 11.2. The lowest BCUT2D eigenvalue weighted by molar-refractivity contribution is 0.768. The van der Waals surface area contributed by atoms with Crippen LogP contribution >= 0.6 is 34.2 Å². The lowest BCUT2D eigenvalue weighted by atomic mass is 10.5. The largest absolute Gasteiger partial charge is 0.299 e. The van der Waals surface area contributed by atoms with Gasteiger partial charge in [0, 0.05) is 7.05 Å². The average molecular weight is 284 g/mol. The molecule has 0 aliphatic carbocycles. The Kier molecular flexibility index (Phi) is 2.54. The second kappa shape index (κ2) is 3.10. The van der Waals surface area contributed by atoms with Gasteiger partial charge in [0.15, 0.2) is 0 Å². The molecule has 0 aliphatic heterocycles. The fourth-order valence-corrected chi connectivity index (χ4v) is 1.33. The molecule has 11 heavy (non-hydrogen) atoms. The summed E-state index contributed by atoms with van der Waals surface area (Å²) in [4.78, 5) is 15.2. The quantitative estimate of drug-likeness (QED) is 0.532. The van der Waals surface area contributed by atoms with Gasteiger partial charge in [-0.3, -0.25) is 9.36 Å². The molecule has 60 valence electrons. The minimum Gasteiger partial charge on any atom is -0.299 e. The zero-order valence-corrected chi connectivity index (χ0v) is 8.97. The van der Waals surface area contributed by atoms with Gasteiger partial charge in [-0.15, -0.1) is 0 Å². The molecule has 0 aromatic carbocycles.